The van der Waals surface area contributed by atoms with Gasteiger partial charge in [-0.15, -0.1) is 0 Å². The van der Waals surface area contributed by atoms with Crippen LogP contribution in [0.25, 0.3) is 0 Å². The zero-order valence-corrected chi connectivity index (χ0v) is 12.1. The topological polar surface area (TPSA) is 88.4 Å². The molecular weight excluding hydrogens is 280 g/mol. The lowest BCUT2D eigenvalue weighted by molar-refractivity contribution is -0.385. The average molecular weight is 296 g/mol. The number of thioether (sulfide) groups is 1. The van der Waals surface area contributed by atoms with Crippen molar-refractivity contribution in [1.82, 2.24) is 9.88 Å². The van der Waals surface area contributed by atoms with E-state index in [4.69, 9.17) is 0 Å². The van der Waals surface area contributed by atoms with E-state index in [1.54, 1.807) is 11.9 Å². The number of aromatic nitrogens is 1. The van der Waals surface area contributed by atoms with E-state index < -0.39 is 4.92 Å². The molecule has 1 aromatic rings. The summed E-state index contributed by atoms with van der Waals surface area (Å²) in [5.41, 5.74) is 0.0765. The standard InChI is InChI=1S/C12H16N4O3S/c1-8-7-15(3-4-20-8)12(17)10-5-9(16(18)19)6-14-11(10)13-2/h5-6,8H,3-4,7H2,1-2H3,(H,13,14). The highest BCUT2D eigenvalue weighted by molar-refractivity contribution is 7.99. The summed E-state index contributed by atoms with van der Waals surface area (Å²) in [6.45, 7) is 3.36. The van der Waals surface area contributed by atoms with Crippen LogP contribution in [0.2, 0.25) is 0 Å². The number of hydrogen-bond acceptors (Lipinski definition) is 6. The van der Waals surface area contributed by atoms with Crippen molar-refractivity contribution in [2.75, 3.05) is 31.2 Å². The molecule has 2 heterocycles. The van der Waals surface area contributed by atoms with Crippen LogP contribution in [-0.4, -0.2) is 51.9 Å². The lowest BCUT2D eigenvalue weighted by atomic mass is 10.2. The number of nitrogens with zero attached hydrogens (tertiary/aromatic N) is 3. The largest absolute Gasteiger partial charge is 0.372 e. The third-order valence-electron chi connectivity index (χ3n) is 3.08. The molecule has 0 aromatic carbocycles. The number of nitrogens with one attached hydrogen (secondary N) is 1. The number of amides is 1. The molecule has 1 atom stereocenters. The number of nitro groups is 1. The summed E-state index contributed by atoms with van der Waals surface area (Å²) in [6, 6.07) is 1.29. The van der Waals surface area contributed by atoms with Gasteiger partial charge in [-0.2, -0.15) is 11.8 Å². The zero-order chi connectivity index (χ0) is 14.7. The molecule has 0 radical (unpaired) electrons. The van der Waals surface area contributed by atoms with Crippen molar-refractivity contribution in [2.24, 2.45) is 0 Å². The second kappa shape index (κ2) is 6.08. The fraction of sp³-hybridized carbons (Fsp3) is 0.500. The van der Waals surface area contributed by atoms with Crippen LogP contribution in [-0.2, 0) is 0 Å². The van der Waals surface area contributed by atoms with Crippen LogP contribution in [0.5, 0.6) is 0 Å². The predicted octanol–water partition coefficient (Wildman–Crippen LogP) is 1.61. The maximum atomic E-state index is 12.5. The van der Waals surface area contributed by atoms with E-state index in [1.807, 2.05) is 11.8 Å². The Labute approximate surface area is 120 Å². The van der Waals surface area contributed by atoms with Gasteiger partial charge in [-0.1, -0.05) is 6.92 Å². The van der Waals surface area contributed by atoms with Crippen LogP contribution in [0, 0.1) is 10.1 Å². The molecule has 1 fully saturated rings. The summed E-state index contributed by atoms with van der Waals surface area (Å²) in [6.07, 6.45) is 1.15. The van der Waals surface area contributed by atoms with Crippen LogP contribution in [0.3, 0.4) is 0 Å². The summed E-state index contributed by atoms with van der Waals surface area (Å²) in [4.78, 5) is 28.5. The second-order valence-corrected chi connectivity index (χ2v) is 6.08. The van der Waals surface area contributed by atoms with Gasteiger partial charge in [0.2, 0.25) is 0 Å². The van der Waals surface area contributed by atoms with E-state index in [0.29, 0.717) is 24.2 Å². The van der Waals surface area contributed by atoms with Gasteiger partial charge in [0.15, 0.2) is 0 Å². The van der Waals surface area contributed by atoms with Crippen LogP contribution < -0.4 is 5.32 Å². The first-order chi connectivity index (χ1) is 9.52. The van der Waals surface area contributed by atoms with E-state index in [9.17, 15) is 14.9 Å². The maximum Gasteiger partial charge on any atom is 0.288 e. The highest BCUT2D eigenvalue weighted by Gasteiger charge is 2.26. The Hall–Kier alpha value is -1.83. The predicted molar refractivity (Wildman–Crippen MR) is 78.3 cm³/mol. The van der Waals surface area contributed by atoms with Gasteiger partial charge in [0.05, 0.1) is 10.5 Å². The summed E-state index contributed by atoms with van der Waals surface area (Å²) < 4.78 is 0. The van der Waals surface area contributed by atoms with Gasteiger partial charge in [0, 0.05) is 37.2 Å². The molecule has 2 rings (SSSR count). The summed E-state index contributed by atoms with van der Waals surface area (Å²) in [7, 11) is 1.64. The molecule has 1 aliphatic rings. The van der Waals surface area contributed by atoms with Crippen molar-refractivity contribution < 1.29 is 9.72 Å². The molecule has 0 aliphatic carbocycles. The van der Waals surface area contributed by atoms with Crippen molar-refractivity contribution in [3.05, 3.63) is 27.9 Å². The van der Waals surface area contributed by atoms with Gasteiger partial charge in [-0.3, -0.25) is 14.9 Å². The quantitative estimate of drug-likeness (QED) is 0.673. The number of hydrogen-bond donors (Lipinski definition) is 1. The van der Waals surface area contributed by atoms with Crippen LogP contribution in [0.15, 0.2) is 12.3 Å². The number of anilines is 1. The van der Waals surface area contributed by atoms with Gasteiger partial charge < -0.3 is 10.2 Å². The molecule has 20 heavy (non-hydrogen) atoms. The van der Waals surface area contributed by atoms with E-state index in [-0.39, 0.29) is 17.2 Å². The lowest BCUT2D eigenvalue weighted by Crippen LogP contribution is -2.41. The van der Waals surface area contributed by atoms with Crippen molar-refractivity contribution in [3.63, 3.8) is 0 Å². The van der Waals surface area contributed by atoms with Crippen LogP contribution in [0.1, 0.15) is 17.3 Å². The van der Waals surface area contributed by atoms with Gasteiger partial charge >= 0.3 is 0 Å². The fourth-order valence-corrected chi connectivity index (χ4v) is 3.10. The van der Waals surface area contributed by atoms with Crippen LogP contribution in [0.4, 0.5) is 11.5 Å². The molecule has 1 aliphatic heterocycles. The highest BCUT2D eigenvalue weighted by Crippen LogP contribution is 2.24. The minimum atomic E-state index is -0.544. The zero-order valence-electron chi connectivity index (χ0n) is 11.3. The molecular formula is C12H16N4O3S. The molecule has 1 N–H and O–H groups in total. The monoisotopic (exact) mass is 296 g/mol. The average Bonchev–Trinajstić information content (AvgIpc) is 2.45. The molecule has 1 amide bonds. The molecule has 1 unspecified atom stereocenters. The van der Waals surface area contributed by atoms with Crippen molar-refractivity contribution in [2.45, 2.75) is 12.2 Å². The highest BCUT2D eigenvalue weighted by atomic mass is 32.2. The van der Waals surface area contributed by atoms with Crippen molar-refractivity contribution in [1.29, 1.82) is 0 Å². The van der Waals surface area contributed by atoms with E-state index >= 15 is 0 Å². The molecule has 8 heteroatoms. The Morgan fingerprint density at radius 2 is 2.40 bits per heavy atom. The molecule has 0 saturated carbocycles. The third-order valence-corrected chi connectivity index (χ3v) is 4.22. The molecule has 0 spiro atoms. The van der Waals surface area contributed by atoms with Crippen molar-refractivity contribution >= 4 is 29.2 Å². The summed E-state index contributed by atoms with van der Waals surface area (Å²) in [5.74, 6) is 1.04. The fourth-order valence-electron chi connectivity index (χ4n) is 2.09. The van der Waals surface area contributed by atoms with Gasteiger partial charge in [0.1, 0.15) is 12.0 Å². The first kappa shape index (κ1) is 14.6. The molecule has 1 aromatic heterocycles. The molecule has 7 nitrogen and oxygen atoms in total. The first-order valence-corrected chi connectivity index (χ1v) is 7.31. The summed E-state index contributed by atoms with van der Waals surface area (Å²) in [5, 5.41) is 14.0. The second-order valence-electron chi connectivity index (χ2n) is 4.53. The molecule has 0 bridgehead atoms. The normalized spacial score (nSPS) is 18.7. The van der Waals surface area contributed by atoms with Gasteiger partial charge in [-0.25, -0.2) is 4.98 Å². The van der Waals surface area contributed by atoms with E-state index in [1.165, 1.54) is 6.07 Å². The molecule has 1 saturated heterocycles. The SMILES string of the molecule is CNc1ncc([N+](=O)[O-])cc1C(=O)N1CCSC(C)C1. The van der Waals surface area contributed by atoms with Crippen LogP contribution >= 0.6 is 11.8 Å². The minimum Gasteiger partial charge on any atom is -0.372 e. The smallest absolute Gasteiger partial charge is 0.288 e. The Bertz CT molecular complexity index is 537. The first-order valence-electron chi connectivity index (χ1n) is 6.26. The number of carbonyl (C=O) groups excluding carboxylic acids is 1. The summed E-state index contributed by atoms with van der Waals surface area (Å²) >= 11 is 1.82. The maximum absolute atomic E-state index is 12.5. The minimum absolute atomic E-state index is 0.174. The van der Waals surface area contributed by atoms with Gasteiger partial charge in [0.25, 0.3) is 11.6 Å². The number of rotatable bonds is 3. The Balaban J connectivity index is 2.31. The lowest BCUT2D eigenvalue weighted by Gasteiger charge is -2.30. The number of pyridine rings is 1. The Morgan fingerprint density at radius 1 is 1.65 bits per heavy atom. The Morgan fingerprint density at radius 3 is 3.00 bits per heavy atom. The van der Waals surface area contributed by atoms with E-state index in [2.05, 4.69) is 17.2 Å². The van der Waals surface area contributed by atoms with Crippen molar-refractivity contribution in [3.8, 4) is 0 Å². The third kappa shape index (κ3) is 3.01. The Kier molecular flexibility index (Phi) is 4.43. The van der Waals surface area contributed by atoms with Gasteiger partial charge in [-0.05, 0) is 0 Å². The van der Waals surface area contributed by atoms with E-state index in [0.717, 1.165) is 11.9 Å². The number of carbonyl (C=O) groups is 1. The molecule has 108 valence electrons.